The first-order chi connectivity index (χ1) is 6.18. The van der Waals surface area contributed by atoms with Crippen molar-refractivity contribution in [2.75, 3.05) is 0 Å². The summed E-state index contributed by atoms with van der Waals surface area (Å²) in [5, 5.41) is 17.8. The van der Waals surface area contributed by atoms with E-state index in [0.717, 1.165) is 0 Å². The van der Waals surface area contributed by atoms with Gasteiger partial charge < -0.3 is 0 Å². The Morgan fingerprint density at radius 2 is 2.31 bits per heavy atom. The van der Waals surface area contributed by atoms with Gasteiger partial charge in [-0.05, 0) is 0 Å². The third kappa shape index (κ3) is 1.20. The van der Waals surface area contributed by atoms with Gasteiger partial charge in [-0.15, -0.1) is 10.2 Å². The predicted octanol–water partition coefficient (Wildman–Crippen LogP) is 1.29. The molecule has 0 N–H and O–H groups in total. The number of fused-ring (bicyclic) bond motifs is 1. The molecule has 0 unspecified atom stereocenters. The summed E-state index contributed by atoms with van der Waals surface area (Å²) in [6.07, 6.45) is 1.39. The molecule has 2 aromatic heterocycles. The number of nitrogens with zero attached hydrogens (tertiary/aromatic N) is 4. The molecule has 13 heavy (non-hydrogen) atoms. The van der Waals surface area contributed by atoms with Gasteiger partial charge in [0.2, 0.25) is 0 Å². The molecule has 0 aromatic carbocycles. The highest BCUT2D eigenvalue weighted by Crippen LogP contribution is 2.19. The second kappa shape index (κ2) is 2.67. The van der Waals surface area contributed by atoms with Crippen molar-refractivity contribution < 1.29 is 4.92 Å². The van der Waals surface area contributed by atoms with Crippen LogP contribution in [-0.2, 0) is 0 Å². The Morgan fingerprint density at radius 1 is 1.54 bits per heavy atom. The van der Waals surface area contributed by atoms with Gasteiger partial charge in [-0.2, -0.15) is 0 Å². The van der Waals surface area contributed by atoms with E-state index in [1.807, 2.05) is 0 Å². The van der Waals surface area contributed by atoms with Gasteiger partial charge in [0.1, 0.15) is 11.5 Å². The first-order valence-electron chi connectivity index (χ1n) is 3.32. The van der Waals surface area contributed by atoms with Crippen molar-refractivity contribution >= 4 is 22.9 Å². The van der Waals surface area contributed by atoms with Crippen molar-refractivity contribution in [3.8, 4) is 0 Å². The second-order valence-corrected chi connectivity index (χ2v) is 2.74. The summed E-state index contributed by atoms with van der Waals surface area (Å²) in [6, 6.07) is 2.55. The topological polar surface area (TPSA) is 73.3 Å². The number of aromatic nitrogens is 3. The molecule has 0 fully saturated rings. The Labute approximate surface area is 76.9 Å². The van der Waals surface area contributed by atoms with Crippen LogP contribution in [0.5, 0.6) is 0 Å². The van der Waals surface area contributed by atoms with Crippen LogP contribution in [0.1, 0.15) is 0 Å². The third-order valence-corrected chi connectivity index (χ3v) is 1.85. The van der Waals surface area contributed by atoms with Crippen LogP contribution >= 0.6 is 11.6 Å². The van der Waals surface area contributed by atoms with E-state index >= 15 is 0 Å². The molecule has 0 bridgehead atoms. The van der Waals surface area contributed by atoms with E-state index in [-0.39, 0.29) is 10.8 Å². The number of hydrogen-bond donors (Lipinski definition) is 0. The normalized spacial score (nSPS) is 10.5. The Kier molecular flexibility index (Phi) is 1.63. The van der Waals surface area contributed by atoms with Crippen LogP contribution in [-0.4, -0.2) is 19.5 Å². The summed E-state index contributed by atoms with van der Waals surface area (Å²) in [7, 11) is 0. The lowest BCUT2D eigenvalue weighted by Crippen LogP contribution is -1.92. The minimum Gasteiger partial charge on any atom is -0.271 e. The summed E-state index contributed by atoms with van der Waals surface area (Å²) in [6.45, 7) is 0. The zero-order chi connectivity index (χ0) is 9.42. The van der Waals surface area contributed by atoms with Gasteiger partial charge >= 0.3 is 0 Å². The zero-order valence-electron chi connectivity index (χ0n) is 6.22. The van der Waals surface area contributed by atoms with Crippen molar-refractivity contribution in [1.29, 1.82) is 0 Å². The van der Waals surface area contributed by atoms with E-state index in [9.17, 15) is 10.1 Å². The molecule has 2 rings (SSSR count). The molecule has 0 spiro atoms. The fourth-order valence-electron chi connectivity index (χ4n) is 0.978. The zero-order valence-corrected chi connectivity index (χ0v) is 6.97. The fraction of sp³-hybridized carbons (Fsp3) is 0. The molecule has 7 heteroatoms. The maximum absolute atomic E-state index is 10.4. The molecule has 6 nitrogen and oxygen atoms in total. The Hall–Kier alpha value is -1.69. The number of nitro groups is 1. The SMILES string of the molecule is O=[N+]([O-])c1cc(Cl)n2cnnc2c1. The monoisotopic (exact) mass is 198 g/mol. The Balaban J connectivity index is 2.77. The number of rotatable bonds is 1. The molecule has 66 valence electrons. The van der Waals surface area contributed by atoms with E-state index < -0.39 is 4.92 Å². The quantitative estimate of drug-likeness (QED) is 0.393. The van der Waals surface area contributed by atoms with Crippen molar-refractivity contribution in [3.05, 3.63) is 33.7 Å². The van der Waals surface area contributed by atoms with Crippen LogP contribution in [0.25, 0.3) is 5.65 Å². The molecule has 0 atom stereocenters. The van der Waals surface area contributed by atoms with Crippen molar-refractivity contribution in [2.45, 2.75) is 0 Å². The molecule has 0 amide bonds. The minimum atomic E-state index is -0.527. The average Bonchev–Trinajstić information content (AvgIpc) is 2.51. The molecule has 0 aliphatic rings. The van der Waals surface area contributed by atoms with E-state index in [4.69, 9.17) is 11.6 Å². The predicted molar refractivity (Wildman–Crippen MR) is 44.7 cm³/mol. The maximum Gasteiger partial charge on any atom is 0.276 e. The van der Waals surface area contributed by atoms with Crippen molar-refractivity contribution in [1.82, 2.24) is 14.6 Å². The molecular weight excluding hydrogens is 196 g/mol. The summed E-state index contributed by atoms with van der Waals surface area (Å²) >= 11 is 5.73. The van der Waals surface area contributed by atoms with Crippen LogP contribution in [0.2, 0.25) is 5.15 Å². The lowest BCUT2D eigenvalue weighted by atomic mass is 10.4. The molecule has 0 radical (unpaired) electrons. The van der Waals surface area contributed by atoms with Gasteiger partial charge in [0.15, 0.2) is 5.65 Å². The number of hydrogen-bond acceptors (Lipinski definition) is 4. The lowest BCUT2D eigenvalue weighted by Gasteiger charge is -1.95. The maximum atomic E-state index is 10.4. The highest BCUT2D eigenvalue weighted by molar-refractivity contribution is 6.30. The van der Waals surface area contributed by atoms with Crippen molar-refractivity contribution in [3.63, 3.8) is 0 Å². The Morgan fingerprint density at radius 3 is 3.00 bits per heavy atom. The summed E-state index contributed by atoms with van der Waals surface area (Å²) < 4.78 is 1.45. The van der Waals surface area contributed by atoms with Crippen LogP contribution < -0.4 is 0 Å². The van der Waals surface area contributed by atoms with Crippen LogP contribution in [0.4, 0.5) is 5.69 Å². The highest BCUT2D eigenvalue weighted by atomic mass is 35.5. The summed E-state index contributed by atoms with van der Waals surface area (Å²) in [5.74, 6) is 0. The number of pyridine rings is 1. The minimum absolute atomic E-state index is 0.0921. The van der Waals surface area contributed by atoms with E-state index in [1.165, 1.54) is 22.9 Å². The van der Waals surface area contributed by atoms with Gasteiger partial charge in [0.25, 0.3) is 5.69 Å². The number of halogens is 1. The van der Waals surface area contributed by atoms with Gasteiger partial charge in [0.05, 0.1) is 17.1 Å². The van der Waals surface area contributed by atoms with Crippen LogP contribution in [0, 0.1) is 10.1 Å². The summed E-state index contributed by atoms with van der Waals surface area (Å²) in [5.41, 5.74) is 0.268. The van der Waals surface area contributed by atoms with Gasteiger partial charge in [-0.25, -0.2) is 0 Å². The van der Waals surface area contributed by atoms with Gasteiger partial charge in [-0.1, -0.05) is 11.6 Å². The molecule has 2 aromatic rings. The standard InChI is InChI=1S/C6H3ClN4O2/c7-5-1-4(11(12)13)2-6-9-8-3-10(5)6/h1-3H. The van der Waals surface area contributed by atoms with E-state index in [2.05, 4.69) is 10.2 Å². The smallest absolute Gasteiger partial charge is 0.271 e. The first-order valence-corrected chi connectivity index (χ1v) is 3.70. The molecule has 0 aliphatic heterocycles. The molecule has 0 saturated carbocycles. The average molecular weight is 199 g/mol. The fourth-order valence-corrected chi connectivity index (χ4v) is 1.22. The van der Waals surface area contributed by atoms with Crippen molar-refractivity contribution in [2.24, 2.45) is 0 Å². The second-order valence-electron chi connectivity index (χ2n) is 2.35. The lowest BCUT2D eigenvalue weighted by molar-refractivity contribution is -0.384. The third-order valence-electron chi connectivity index (χ3n) is 1.56. The van der Waals surface area contributed by atoms with Crippen LogP contribution in [0.15, 0.2) is 18.5 Å². The largest absolute Gasteiger partial charge is 0.276 e. The molecule has 0 aliphatic carbocycles. The molecular formula is C6H3ClN4O2. The van der Waals surface area contributed by atoms with Crippen LogP contribution in [0.3, 0.4) is 0 Å². The summed E-state index contributed by atoms with van der Waals surface area (Å²) in [4.78, 5) is 9.88. The van der Waals surface area contributed by atoms with Gasteiger partial charge in [-0.3, -0.25) is 14.5 Å². The first kappa shape index (κ1) is 7.93. The van der Waals surface area contributed by atoms with Gasteiger partial charge in [0, 0.05) is 0 Å². The van der Waals surface area contributed by atoms with E-state index in [0.29, 0.717) is 5.65 Å². The molecule has 2 heterocycles. The Bertz CT molecular complexity index is 480. The van der Waals surface area contributed by atoms with E-state index in [1.54, 1.807) is 0 Å². The highest BCUT2D eigenvalue weighted by Gasteiger charge is 2.10. The molecule has 0 saturated heterocycles.